The molecule has 0 bridgehead atoms. The van der Waals surface area contributed by atoms with E-state index in [1.165, 1.54) is 113 Å². The summed E-state index contributed by atoms with van der Waals surface area (Å²) in [6.45, 7) is 31.8. The van der Waals surface area contributed by atoms with E-state index in [0.29, 0.717) is 5.92 Å². The fraction of sp³-hybridized carbons (Fsp3) is 0.429. The van der Waals surface area contributed by atoms with Crippen molar-refractivity contribution in [3.63, 3.8) is 0 Å². The lowest BCUT2D eigenvalue weighted by molar-refractivity contribution is 0.332. The monoisotopic (exact) mass is 831 g/mol. The van der Waals surface area contributed by atoms with E-state index in [1.54, 1.807) is 0 Å². The summed E-state index contributed by atoms with van der Waals surface area (Å²) in [6, 6.07) is 38.3. The van der Waals surface area contributed by atoms with Crippen molar-refractivity contribution in [2.24, 2.45) is 0 Å². The minimum Gasteiger partial charge on any atom is -0.337 e. The van der Waals surface area contributed by atoms with Crippen LogP contribution in [0.5, 0.6) is 0 Å². The SMILES string of the molecule is CC(C)c1ccc(N(Cc2ccc(-c3c4cc5c(cc4c(Br)c4cc6c(cc34)C(C)(C)CCC6(C)C)C(C)(C)CCC5(C)C)cc2)c2ccc(C(C)(C)C)cc2)cc1. The number of hydrogen-bond acceptors (Lipinski definition) is 1. The second kappa shape index (κ2) is 14.1. The van der Waals surface area contributed by atoms with Gasteiger partial charge in [-0.05, 0) is 195 Å². The molecule has 1 nitrogen and oxygen atoms in total. The lowest BCUT2D eigenvalue weighted by Gasteiger charge is -2.43. The molecule has 2 aliphatic rings. The van der Waals surface area contributed by atoms with Gasteiger partial charge in [-0.3, -0.25) is 0 Å². The van der Waals surface area contributed by atoms with Crippen LogP contribution < -0.4 is 4.90 Å². The molecule has 6 aromatic carbocycles. The molecule has 0 aliphatic heterocycles. The molecule has 8 rings (SSSR count). The first-order valence-electron chi connectivity index (χ1n) is 21.9. The van der Waals surface area contributed by atoms with Gasteiger partial charge in [-0.15, -0.1) is 0 Å². The Balaban J connectivity index is 1.31. The van der Waals surface area contributed by atoms with E-state index in [4.69, 9.17) is 0 Å². The average molecular weight is 833 g/mol. The quantitative estimate of drug-likeness (QED) is 0.151. The number of anilines is 2. The molecule has 302 valence electrons. The summed E-state index contributed by atoms with van der Waals surface area (Å²) in [5.41, 5.74) is 15.7. The molecule has 58 heavy (non-hydrogen) atoms. The van der Waals surface area contributed by atoms with Gasteiger partial charge < -0.3 is 4.90 Å². The molecule has 0 amide bonds. The topological polar surface area (TPSA) is 3.24 Å². The number of hydrogen-bond donors (Lipinski definition) is 0. The van der Waals surface area contributed by atoms with Crippen molar-refractivity contribution < 1.29 is 0 Å². The molecule has 2 aliphatic carbocycles. The summed E-state index contributed by atoms with van der Waals surface area (Å²) < 4.78 is 1.23. The molecule has 0 heterocycles. The van der Waals surface area contributed by atoms with Crippen molar-refractivity contribution in [1.82, 2.24) is 0 Å². The molecule has 0 N–H and O–H groups in total. The Hall–Kier alpha value is -3.88. The highest BCUT2D eigenvalue weighted by Crippen LogP contribution is 2.53. The van der Waals surface area contributed by atoms with Crippen LogP contribution in [0.15, 0.2) is 102 Å². The molecule has 0 saturated heterocycles. The zero-order valence-electron chi connectivity index (χ0n) is 37.7. The van der Waals surface area contributed by atoms with E-state index in [9.17, 15) is 0 Å². The molecule has 0 fully saturated rings. The van der Waals surface area contributed by atoms with Gasteiger partial charge in [0.2, 0.25) is 0 Å². The molecule has 0 saturated carbocycles. The Morgan fingerprint density at radius 2 is 0.914 bits per heavy atom. The van der Waals surface area contributed by atoms with Crippen molar-refractivity contribution >= 4 is 48.8 Å². The van der Waals surface area contributed by atoms with E-state index in [-0.39, 0.29) is 27.1 Å². The summed E-state index contributed by atoms with van der Waals surface area (Å²) in [4.78, 5) is 2.47. The van der Waals surface area contributed by atoms with E-state index in [2.05, 4.69) is 208 Å². The fourth-order valence-electron chi connectivity index (χ4n) is 10.1. The Morgan fingerprint density at radius 1 is 0.534 bits per heavy atom. The predicted molar refractivity (Wildman–Crippen MR) is 257 cm³/mol. The summed E-state index contributed by atoms with van der Waals surface area (Å²) in [5, 5.41) is 5.38. The van der Waals surface area contributed by atoms with Gasteiger partial charge in [-0.2, -0.15) is 0 Å². The molecule has 0 radical (unpaired) electrons. The van der Waals surface area contributed by atoms with Crippen molar-refractivity contribution in [3.8, 4) is 11.1 Å². The van der Waals surface area contributed by atoms with Crippen molar-refractivity contribution in [2.45, 2.75) is 155 Å². The maximum atomic E-state index is 4.28. The standard InChI is InChI=1S/C56H66BrN/c1-35(2)37-18-22-40(23-19-37)58(41-24-20-39(21-25-41)52(3,4)5)34-36-14-16-38(17-15-36)50-42-30-46-48(55(10,11)28-26-53(46,6)7)32-44(42)51(57)45-33-49-47(31-43(45)50)54(8,9)27-29-56(49,12)13/h14-25,30-33,35H,26-29,34H2,1-13H3. The van der Waals surface area contributed by atoms with Gasteiger partial charge in [-0.25, -0.2) is 0 Å². The van der Waals surface area contributed by atoms with Gasteiger partial charge >= 0.3 is 0 Å². The fourth-order valence-corrected chi connectivity index (χ4v) is 10.7. The third kappa shape index (κ3) is 7.14. The lowest BCUT2D eigenvalue weighted by atomic mass is 9.62. The van der Waals surface area contributed by atoms with Crippen LogP contribution in [-0.2, 0) is 33.6 Å². The van der Waals surface area contributed by atoms with Crippen LogP contribution >= 0.6 is 15.9 Å². The van der Waals surface area contributed by atoms with Crippen molar-refractivity contribution in [3.05, 3.63) is 140 Å². The molecular formula is C56H66BrN. The summed E-state index contributed by atoms with van der Waals surface area (Å²) in [5.74, 6) is 0.498. The normalized spacial score (nSPS) is 18.0. The lowest BCUT2D eigenvalue weighted by Crippen LogP contribution is -2.34. The minimum absolute atomic E-state index is 0.107. The third-order valence-corrected chi connectivity index (χ3v) is 15.3. The van der Waals surface area contributed by atoms with Crippen molar-refractivity contribution in [1.29, 1.82) is 0 Å². The van der Waals surface area contributed by atoms with E-state index >= 15 is 0 Å². The van der Waals surface area contributed by atoms with Crippen LogP contribution in [0.3, 0.4) is 0 Å². The Bertz CT molecular complexity index is 2420. The Labute approximate surface area is 358 Å². The van der Waals surface area contributed by atoms with Crippen LogP contribution in [0, 0.1) is 0 Å². The number of fused-ring (bicyclic) bond motifs is 4. The predicted octanol–water partition coefficient (Wildman–Crippen LogP) is 16.9. The molecule has 0 spiro atoms. The second-order valence-corrected chi connectivity index (χ2v) is 22.7. The first-order valence-corrected chi connectivity index (χ1v) is 22.7. The van der Waals surface area contributed by atoms with Gasteiger partial charge in [0.25, 0.3) is 0 Å². The van der Waals surface area contributed by atoms with Crippen LogP contribution in [0.25, 0.3) is 32.7 Å². The highest BCUT2D eigenvalue weighted by Gasteiger charge is 2.40. The molecule has 6 aromatic rings. The van der Waals surface area contributed by atoms with Gasteiger partial charge in [0, 0.05) is 22.4 Å². The second-order valence-electron chi connectivity index (χ2n) is 21.9. The van der Waals surface area contributed by atoms with Gasteiger partial charge in [0.1, 0.15) is 0 Å². The number of rotatable bonds is 6. The van der Waals surface area contributed by atoms with Crippen molar-refractivity contribution in [2.75, 3.05) is 4.90 Å². The minimum atomic E-state index is 0.107. The number of benzene rings is 6. The maximum absolute atomic E-state index is 4.28. The summed E-state index contributed by atoms with van der Waals surface area (Å²) in [6.07, 6.45) is 4.80. The summed E-state index contributed by atoms with van der Waals surface area (Å²) in [7, 11) is 0. The third-order valence-electron chi connectivity index (χ3n) is 14.5. The van der Waals surface area contributed by atoms with Gasteiger partial charge in [0.15, 0.2) is 0 Å². The first-order chi connectivity index (χ1) is 27.1. The zero-order valence-corrected chi connectivity index (χ0v) is 39.3. The molecule has 0 unspecified atom stereocenters. The molecule has 2 heteroatoms. The average Bonchev–Trinajstić information content (AvgIpc) is 3.17. The van der Waals surface area contributed by atoms with E-state index in [0.717, 1.165) is 6.54 Å². The van der Waals surface area contributed by atoms with Crippen LogP contribution in [0.2, 0.25) is 0 Å². The smallest absolute Gasteiger partial charge is 0.0481 e. The molecule has 0 aromatic heterocycles. The number of nitrogens with zero attached hydrogens (tertiary/aromatic N) is 1. The van der Waals surface area contributed by atoms with Crippen LogP contribution in [0.1, 0.15) is 161 Å². The first kappa shape index (κ1) is 40.9. The van der Waals surface area contributed by atoms with E-state index < -0.39 is 0 Å². The van der Waals surface area contributed by atoms with Crippen LogP contribution in [-0.4, -0.2) is 0 Å². The summed E-state index contributed by atoms with van der Waals surface area (Å²) >= 11 is 4.28. The highest BCUT2D eigenvalue weighted by molar-refractivity contribution is 9.10. The Kier molecular flexibility index (Phi) is 9.95. The Morgan fingerprint density at radius 3 is 1.29 bits per heavy atom. The zero-order chi connectivity index (χ0) is 41.7. The van der Waals surface area contributed by atoms with E-state index in [1.807, 2.05) is 0 Å². The molecular weight excluding hydrogens is 767 g/mol. The van der Waals surface area contributed by atoms with Gasteiger partial charge in [-0.1, -0.05) is 139 Å². The molecule has 0 atom stereocenters. The largest absolute Gasteiger partial charge is 0.337 e. The highest BCUT2D eigenvalue weighted by atomic mass is 79.9. The van der Waals surface area contributed by atoms with Crippen LogP contribution in [0.4, 0.5) is 11.4 Å². The maximum Gasteiger partial charge on any atom is 0.0481 e. The van der Waals surface area contributed by atoms with Gasteiger partial charge in [0.05, 0.1) is 0 Å². The number of halogens is 1.